The number of halogens is 3. The van der Waals surface area contributed by atoms with Gasteiger partial charge in [0.1, 0.15) is 5.52 Å². The van der Waals surface area contributed by atoms with Crippen molar-refractivity contribution in [1.82, 2.24) is 14.5 Å². The number of alkyl halides is 3. The summed E-state index contributed by atoms with van der Waals surface area (Å²) >= 11 is 0. The second-order valence-corrected chi connectivity index (χ2v) is 3.68. The third-order valence-electron chi connectivity index (χ3n) is 2.42. The van der Waals surface area contributed by atoms with Crippen LogP contribution in [-0.2, 0) is 6.54 Å². The van der Waals surface area contributed by atoms with Crippen molar-refractivity contribution in [3.05, 3.63) is 12.1 Å². The van der Waals surface area contributed by atoms with Crippen molar-refractivity contribution in [2.24, 2.45) is 0 Å². The normalized spacial score (nSPS) is 12.0. The molecule has 2 heterocycles. The van der Waals surface area contributed by atoms with Crippen LogP contribution in [0.4, 0.5) is 19.1 Å². The van der Waals surface area contributed by atoms with Crippen LogP contribution in [-0.4, -0.2) is 27.8 Å². The van der Waals surface area contributed by atoms with Gasteiger partial charge in [-0.3, -0.25) is 4.57 Å². The summed E-state index contributed by atoms with van der Waals surface area (Å²) in [5.41, 5.74) is 6.31. The minimum Gasteiger partial charge on any atom is -0.481 e. The molecule has 0 saturated heterocycles. The van der Waals surface area contributed by atoms with Gasteiger partial charge in [0, 0.05) is 12.6 Å². The van der Waals surface area contributed by atoms with Gasteiger partial charge in [-0.05, 0) is 6.07 Å². The Bertz CT molecular complexity index is 564. The maximum absolute atomic E-state index is 12.2. The van der Waals surface area contributed by atoms with Crippen molar-refractivity contribution < 1.29 is 17.9 Å². The van der Waals surface area contributed by atoms with Crippen LogP contribution in [0.15, 0.2) is 12.1 Å². The molecule has 2 aromatic rings. The Balaban J connectivity index is 2.39. The summed E-state index contributed by atoms with van der Waals surface area (Å²) in [7, 11) is 1.42. The molecule has 2 rings (SSSR count). The summed E-state index contributed by atoms with van der Waals surface area (Å²) in [6.45, 7) is -0.313. The van der Waals surface area contributed by atoms with E-state index in [0.717, 1.165) is 0 Å². The van der Waals surface area contributed by atoms with Gasteiger partial charge < -0.3 is 10.5 Å². The molecule has 0 fully saturated rings. The lowest BCUT2D eigenvalue weighted by molar-refractivity contribution is -0.136. The number of hydrogen-bond donors (Lipinski definition) is 1. The molecule has 0 aliphatic rings. The van der Waals surface area contributed by atoms with Crippen LogP contribution in [0.1, 0.15) is 6.42 Å². The van der Waals surface area contributed by atoms with E-state index in [1.54, 1.807) is 12.1 Å². The van der Waals surface area contributed by atoms with Crippen LogP contribution >= 0.6 is 0 Å². The standard InChI is InChI=1S/C10H11F3N4O/c1-18-7-3-2-6-8(16-7)17(9(14)15-6)5-4-10(11,12)13/h2-3H,4-5H2,1H3,(H2,14,15). The molecule has 0 saturated carbocycles. The molecule has 0 amide bonds. The average Bonchev–Trinajstić information content (AvgIpc) is 2.60. The minimum atomic E-state index is -4.25. The Kier molecular flexibility index (Phi) is 3.02. The third-order valence-corrected chi connectivity index (χ3v) is 2.42. The first-order valence-electron chi connectivity index (χ1n) is 5.14. The largest absolute Gasteiger partial charge is 0.481 e. The predicted octanol–water partition coefficient (Wildman–Crippen LogP) is 1.97. The molecule has 8 heteroatoms. The predicted molar refractivity (Wildman–Crippen MR) is 59.2 cm³/mol. The lowest BCUT2D eigenvalue weighted by Gasteiger charge is -2.08. The molecule has 5 nitrogen and oxygen atoms in total. The lowest BCUT2D eigenvalue weighted by Crippen LogP contribution is -2.14. The second kappa shape index (κ2) is 4.35. The lowest BCUT2D eigenvalue weighted by atomic mass is 10.4. The molecule has 0 bridgehead atoms. The summed E-state index contributed by atoms with van der Waals surface area (Å²) in [4.78, 5) is 7.99. The Morgan fingerprint density at radius 2 is 2.06 bits per heavy atom. The monoisotopic (exact) mass is 260 g/mol. The first kappa shape index (κ1) is 12.5. The van der Waals surface area contributed by atoms with Crippen LogP contribution < -0.4 is 10.5 Å². The number of rotatable bonds is 3. The molecule has 98 valence electrons. The van der Waals surface area contributed by atoms with Crippen LogP contribution in [0, 0.1) is 0 Å². The van der Waals surface area contributed by atoms with E-state index in [0.29, 0.717) is 11.4 Å². The topological polar surface area (TPSA) is 66.0 Å². The third kappa shape index (κ3) is 2.47. The van der Waals surface area contributed by atoms with Crippen molar-refractivity contribution in [1.29, 1.82) is 0 Å². The van der Waals surface area contributed by atoms with Gasteiger partial charge in [-0.1, -0.05) is 0 Å². The van der Waals surface area contributed by atoms with E-state index < -0.39 is 12.6 Å². The maximum Gasteiger partial charge on any atom is 0.390 e. The highest BCUT2D eigenvalue weighted by Gasteiger charge is 2.27. The summed E-state index contributed by atoms with van der Waals surface area (Å²) in [5.74, 6) is 0.311. The number of nitrogen functional groups attached to an aromatic ring is 1. The smallest absolute Gasteiger partial charge is 0.390 e. The van der Waals surface area contributed by atoms with Gasteiger partial charge in [0.05, 0.1) is 13.5 Å². The first-order valence-corrected chi connectivity index (χ1v) is 5.14. The van der Waals surface area contributed by atoms with E-state index in [9.17, 15) is 13.2 Å². The number of nitrogens with zero attached hydrogens (tertiary/aromatic N) is 3. The van der Waals surface area contributed by atoms with Gasteiger partial charge in [-0.2, -0.15) is 18.2 Å². The van der Waals surface area contributed by atoms with E-state index >= 15 is 0 Å². The zero-order valence-electron chi connectivity index (χ0n) is 9.53. The van der Waals surface area contributed by atoms with E-state index in [2.05, 4.69) is 9.97 Å². The van der Waals surface area contributed by atoms with Crippen molar-refractivity contribution >= 4 is 17.1 Å². The first-order chi connectivity index (χ1) is 8.40. The van der Waals surface area contributed by atoms with Crippen molar-refractivity contribution in [2.75, 3.05) is 12.8 Å². The van der Waals surface area contributed by atoms with Crippen molar-refractivity contribution in [3.63, 3.8) is 0 Å². The number of anilines is 1. The summed E-state index contributed by atoms with van der Waals surface area (Å²) in [6, 6.07) is 3.17. The molecular formula is C10H11F3N4O. The zero-order chi connectivity index (χ0) is 13.3. The number of ether oxygens (including phenoxy) is 1. The summed E-state index contributed by atoms with van der Waals surface area (Å²) in [6.07, 6.45) is -5.23. The Morgan fingerprint density at radius 3 is 2.67 bits per heavy atom. The Morgan fingerprint density at radius 1 is 1.33 bits per heavy atom. The summed E-state index contributed by atoms with van der Waals surface area (Å²) < 4.78 is 42.8. The number of aromatic nitrogens is 3. The number of nitrogens with two attached hydrogens (primary N) is 1. The van der Waals surface area contributed by atoms with Gasteiger partial charge in [-0.25, -0.2) is 4.98 Å². The highest BCUT2D eigenvalue weighted by Crippen LogP contribution is 2.24. The molecule has 0 atom stereocenters. The van der Waals surface area contributed by atoms with Crippen LogP contribution in [0.2, 0.25) is 0 Å². The molecule has 0 aliphatic carbocycles. The molecule has 0 unspecified atom stereocenters. The molecule has 0 aliphatic heterocycles. The van der Waals surface area contributed by atoms with Crippen LogP contribution in [0.25, 0.3) is 11.2 Å². The number of hydrogen-bond acceptors (Lipinski definition) is 4. The molecular weight excluding hydrogens is 249 g/mol. The quantitative estimate of drug-likeness (QED) is 0.916. The Labute approximate surface area is 100 Å². The number of fused-ring (bicyclic) bond motifs is 1. The average molecular weight is 260 g/mol. The van der Waals surface area contributed by atoms with Crippen LogP contribution in [0.3, 0.4) is 0 Å². The van der Waals surface area contributed by atoms with Crippen LogP contribution in [0.5, 0.6) is 5.88 Å². The van der Waals surface area contributed by atoms with E-state index in [-0.39, 0.29) is 18.1 Å². The highest BCUT2D eigenvalue weighted by molar-refractivity contribution is 5.74. The number of aryl methyl sites for hydroxylation is 1. The molecule has 2 aromatic heterocycles. The molecule has 0 radical (unpaired) electrons. The molecule has 18 heavy (non-hydrogen) atoms. The number of pyridine rings is 1. The zero-order valence-corrected chi connectivity index (χ0v) is 9.53. The maximum atomic E-state index is 12.2. The SMILES string of the molecule is COc1ccc2nc(N)n(CCC(F)(F)F)c2n1. The molecule has 0 spiro atoms. The van der Waals surface area contributed by atoms with Crippen molar-refractivity contribution in [3.8, 4) is 5.88 Å². The fourth-order valence-electron chi connectivity index (χ4n) is 1.57. The van der Waals surface area contributed by atoms with Gasteiger partial charge in [-0.15, -0.1) is 0 Å². The Hall–Kier alpha value is -1.99. The number of methoxy groups -OCH3 is 1. The highest BCUT2D eigenvalue weighted by atomic mass is 19.4. The van der Waals surface area contributed by atoms with E-state index in [1.165, 1.54) is 11.7 Å². The summed E-state index contributed by atoms with van der Waals surface area (Å²) in [5, 5.41) is 0. The van der Waals surface area contributed by atoms with E-state index in [4.69, 9.17) is 10.5 Å². The van der Waals surface area contributed by atoms with Gasteiger partial charge >= 0.3 is 6.18 Å². The fourth-order valence-corrected chi connectivity index (χ4v) is 1.57. The minimum absolute atomic E-state index is 0.00926. The fraction of sp³-hybridized carbons (Fsp3) is 0.400. The van der Waals surface area contributed by atoms with Gasteiger partial charge in [0.2, 0.25) is 11.8 Å². The van der Waals surface area contributed by atoms with E-state index in [1.807, 2.05) is 0 Å². The van der Waals surface area contributed by atoms with Gasteiger partial charge in [0.25, 0.3) is 0 Å². The van der Waals surface area contributed by atoms with Crippen molar-refractivity contribution in [2.45, 2.75) is 19.1 Å². The van der Waals surface area contributed by atoms with Gasteiger partial charge in [0.15, 0.2) is 5.65 Å². The number of imidazole rings is 1. The molecule has 0 aromatic carbocycles. The second-order valence-electron chi connectivity index (χ2n) is 3.68. The molecule has 2 N–H and O–H groups in total.